The molecule has 0 aliphatic rings. The minimum absolute atomic E-state index is 1.05. The van der Waals surface area contributed by atoms with E-state index in [0.717, 1.165) is 11.2 Å². The highest BCUT2D eigenvalue weighted by Crippen LogP contribution is 2.26. The van der Waals surface area contributed by atoms with Crippen molar-refractivity contribution in [2.45, 2.75) is 20.8 Å². The molecule has 2 heteroatoms. The van der Waals surface area contributed by atoms with Crippen LogP contribution in [0.15, 0.2) is 36.4 Å². The van der Waals surface area contributed by atoms with Gasteiger partial charge in [0.15, 0.2) is 0 Å². The zero-order chi connectivity index (χ0) is 13.6. The monoisotopic (exact) mass is 250 g/mol. The lowest BCUT2D eigenvalue weighted by molar-refractivity contribution is 0.886. The number of benzene rings is 1. The van der Waals surface area contributed by atoms with Gasteiger partial charge >= 0.3 is 0 Å². The lowest BCUT2D eigenvalue weighted by atomic mass is 10.1. The van der Waals surface area contributed by atoms with E-state index in [1.54, 1.807) is 0 Å². The normalized spacial score (nSPS) is 11.2. The Hall–Kier alpha value is -2.09. The van der Waals surface area contributed by atoms with Crippen molar-refractivity contribution < 1.29 is 0 Å². The van der Waals surface area contributed by atoms with Gasteiger partial charge in [-0.3, -0.25) is 0 Å². The van der Waals surface area contributed by atoms with Crippen LogP contribution in [0.4, 0.5) is 0 Å². The van der Waals surface area contributed by atoms with Crippen molar-refractivity contribution in [1.29, 1.82) is 0 Å². The Morgan fingerprint density at radius 2 is 1.74 bits per heavy atom. The van der Waals surface area contributed by atoms with Crippen LogP contribution in [-0.4, -0.2) is 9.55 Å². The van der Waals surface area contributed by atoms with E-state index in [-0.39, 0.29) is 0 Å². The number of aryl methyl sites for hydroxylation is 3. The summed E-state index contributed by atoms with van der Waals surface area (Å²) < 4.78 is 2.21. The van der Waals surface area contributed by atoms with Gasteiger partial charge in [-0.1, -0.05) is 17.7 Å². The SMILES string of the molecule is Cc1ccc2nc(-c3c(C)cc(C)n3C)ccc2c1. The zero-order valence-corrected chi connectivity index (χ0v) is 11.9. The minimum atomic E-state index is 1.05. The van der Waals surface area contributed by atoms with Crippen molar-refractivity contribution >= 4 is 10.9 Å². The predicted octanol–water partition coefficient (Wildman–Crippen LogP) is 4.17. The molecule has 19 heavy (non-hydrogen) atoms. The van der Waals surface area contributed by atoms with Crippen LogP contribution in [0.2, 0.25) is 0 Å². The lowest BCUT2D eigenvalue weighted by Crippen LogP contribution is -1.96. The van der Waals surface area contributed by atoms with Crippen LogP contribution in [0, 0.1) is 20.8 Å². The van der Waals surface area contributed by atoms with E-state index in [1.165, 1.54) is 27.9 Å². The number of hydrogen-bond acceptors (Lipinski definition) is 1. The summed E-state index contributed by atoms with van der Waals surface area (Å²) in [6.45, 7) is 6.38. The largest absolute Gasteiger partial charge is 0.346 e. The molecule has 0 aliphatic heterocycles. The Balaban J connectivity index is 2.23. The third-order valence-corrected chi connectivity index (χ3v) is 3.75. The molecule has 1 aromatic carbocycles. The molecule has 3 rings (SSSR count). The molecule has 0 unspecified atom stereocenters. The number of aromatic nitrogens is 2. The van der Waals surface area contributed by atoms with Crippen molar-refractivity contribution in [1.82, 2.24) is 9.55 Å². The van der Waals surface area contributed by atoms with Gasteiger partial charge in [-0.2, -0.15) is 0 Å². The van der Waals surface area contributed by atoms with Crippen LogP contribution in [0.1, 0.15) is 16.8 Å². The number of fused-ring (bicyclic) bond motifs is 1. The van der Waals surface area contributed by atoms with E-state index < -0.39 is 0 Å². The summed E-state index contributed by atoms with van der Waals surface area (Å²) in [6.07, 6.45) is 0. The molecule has 0 atom stereocenters. The van der Waals surface area contributed by atoms with Gasteiger partial charge in [-0.15, -0.1) is 0 Å². The van der Waals surface area contributed by atoms with Crippen molar-refractivity contribution in [2.24, 2.45) is 7.05 Å². The minimum Gasteiger partial charge on any atom is -0.346 e. The number of nitrogens with zero attached hydrogens (tertiary/aromatic N) is 2. The van der Waals surface area contributed by atoms with Gasteiger partial charge in [-0.25, -0.2) is 4.98 Å². The number of pyridine rings is 1. The van der Waals surface area contributed by atoms with E-state index in [4.69, 9.17) is 4.98 Å². The van der Waals surface area contributed by atoms with Crippen molar-refractivity contribution in [3.63, 3.8) is 0 Å². The molecule has 0 aliphatic carbocycles. The first-order valence-electron chi connectivity index (χ1n) is 6.57. The van der Waals surface area contributed by atoms with Crippen LogP contribution in [0.25, 0.3) is 22.3 Å². The molecule has 0 radical (unpaired) electrons. The predicted molar refractivity (Wildman–Crippen MR) is 80.4 cm³/mol. The Bertz CT molecular complexity index is 766. The molecule has 0 bridgehead atoms. The van der Waals surface area contributed by atoms with Gasteiger partial charge in [-0.05, 0) is 50.6 Å². The van der Waals surface area contributed by atoms with Gasteiger partial charge in [0.25, 0.3) is 0 Å². The van der Waals surface area contributed by atoms with Crippen molar-refractivity contribution in [3.8, 4) is 11.4 Å². The molecular formula is C17H18N2. The first-order chi connectivity index (χ1) is 9.06. The first kappa shape index (κ1) is 12.0. The molecule has 2 aromatic heterocycles. The zero-order valence-electron chi connectivity index (χ0n) is 11.9. The van der Waals surface area contributed by atoms with Crippen molar-refractivity contribution in [3.05, 3.63) is 53.2 Å². The topological polar surface area (TPSA) is 17.8 Å². The fraction of sp³-hybridized carbons (Fsp3) is 0.235. The summed E-state index contributed by atoms with van der Waals surface area (Å²) in [5.74, 6) is 0. The van der Waals surface area contributed by atoms with E-state index in [2.05, 4.69) is 68.8 Å². The summed E-state index contributed by atoms with van der Waals surface area (Å²) in [6, 6.07) is 12.9. The fourth-order valence-electron chi connectivity index (χ4n) is 2.67. The maximum Gasteiger partial charge on any atom is 0.0876 e. The first-order valence-corrected chi connectivity index (χ1v) is 6.57. The van der Waals surface area contributed by atoms with Crippen LogP contribution in [0.5, 0.6) is 0 Å². The van der Waals surface area contributed by atoms with Gasteiger partial charge in [0.2, 0.25) is 0 Å². The average molecular weight is 250 g/mol. The Kier molecular flexibility index (Phi) is 2.67. The summed E-state index contributed by atoms with van der Waals surface area (Å²) >= 11 is 0. The number of rotatable bonds is 1. The fourth-order valence-corrected chi connectivity index (χ4v) is 2.67. The van der Waals surface area contributed by atoms with E-state index in [0.29, 0.717) is 0 Å². The molecule has 0 saturated heterocycles. The smallest absolute Gasteiger partial charge is 0.0876 e. The van der Waals surface area contributed by atoms with Crippen molar-refractivity contribution in [2.75, 3.05) is 0 Å². The number of hydrogen-bond donors (Lipinski definition) is 0. The molecule has 2 nitrogen and oxygen atoms in total. The van der Waals surface area contributed by atoms with Gasteiger partial charge < -0.3 is 4.57 Å². The molecule has 0 saturated carbocycles. The second-order valence-electron chi connectivity index (χ2n) is 5.27. The Labute approximate surface area is 113 Å². The van der Waals surface area contributed by atoms with Crippen LogP contribution < -0.4 is 0 Å². The average Bonchev–Trinajstić information content (AvgIpc) is 2.63. The third-order valence-electron chi connectivity index (χ3n) is 3.75. The molecule has 0 amide bonds. The molecule has 0 spiro atoms. The Morgan fingerprint density at radius 1 is 0.947 bits per heavy atom. The molecule has 3 aromatic rings. The van der Waals surface area contributed by atoms with Gasteiger partial charge in [0, 0.05) is 18.1 Å². The molecule has 2 heterocycles. The van der Waals surface area contributed by atoms with E-state index in [9.17, 15) is 0 Å². The molecule has 0 N–H and O–H groups in total. The van der Waals surface area contributed by atoms with Crippen LogP contribution in [-0.2, 0) is 7.05 Å². The molecule has 96 valence electrons. The third kappa shape index (κ3) is 1.93. The second-order valence-corrected chi connectivity index (χ2v) is 5.27. The summed E-state index contributed by atoms with van der Waals surface area (Å²) in [5.41, 5.74) is 7.12. The maximum absolute atomic E-state index is 4.80. The van der Waals surface area contributed by atoms with Gasteiger partial charge in [0.1, 0.15) is 0 Å². The maximum atomic E-state index is 4.80. The molecule has 0 fully saturated rings. The highest BCUT2D eigenvalue weighted by atomic mass is 15.0. The van der Waals surface area contributed by atoms with Gasteiger partial charge in [0.05, 0.1) is 16.9 Å². The second kappa shape index (κ2) is 4.23. The Morgan fingerprint density at radius 3 is 2.42 bits per heavy atom. The molecular weight excluding hydrogens is 232 g/mol. The standard InChI is InChI=1S/C17H18N2/c1-11-5-7-15-14(9-11)6-8-16(18-15)17-12(2)10-13(3)19(17)4/h5-10H,1-4H3. The summed E-state index contributed by atoms with van der Waals surface area (Å²) in [4.78, 5) is 4.80. The highest BCUT2D eigenvalue weighted by molar-refractivity contribution is 5.82. The summed E-state index contributed by atoms with van der Waals surface area (Å²) in [7, 11) is 2.10. The summed E-state index contributed by atoms with van der Waals surface area (Å²) in [5, 5.41) is 1.20. The van der Waals surface area contributed by atoms with Crippen LogP contribution in [0.3, 0.4) is 0 Å². The van der Waals surface area contributed by atoms with E-state index >= 15 is 0 Å². The van der Waals surface area contributed by atoms with Crippen LogP contribution >= 0.6 is 0 Å². The van der Waals surface area contributed by atoms with E-state index in [1.807, 2.05) is 0 Å². The quantitative estimate of drug-likeness (QED) is 0.634. The highest BCUT2D eigenvalue weighted by Gasteiger charge is 2.10. The lowest BCUT2D eigenvalue weighted by Gasteiger charge is -2.08.